The maximum atomic E-state index is 6.01. The lowest BCUT2D eigenvalue weighted by Gasteiger charge is -2.32. The summed E-state index contributed by atoms with van der Waals surface area (Å²) >= 11 is 3.53. The molecule has 0 aromatic carbocycles. The lowest BCUT2D eigenvalue weighted by molar-refractivity contribution is 0.00578. The average molecular weight is 301 g/mol. The van der Waals surface area contributed by atoms with Gasteiger partial charge in [0.2, 0.25) is 0 Å². The van der Waals surface area contributed by atoms with Gasteiger partial charge >= 0.3 is 7.12 Å². The van der Waals surface area contributed by atoms with Crippen molar-refractivity contribution in [2.45, 2.75) is 52.7 Å². The number of rotatable bonds is 1. The van der Waals surface area contributed by atoms with Gasteiger partial charge in [-0.15, -0.1) is 0 Å². The normalized spacial score (nSPS) is 22.2. The summed E-state index contributed by atoms with van der Waals surface area (Å²) in [6.45, 7) is 12.0. The molecule has 0 spiro atoms. The molecular weight excluding hydrogens is 283 g/mol. The maximum absolute atomic E-state index is 6.01. The van der Waals surface area contributed by atoms with Crippen LogP contribution in [0.2, 0.25) is 0 Å². The molecule has 1 aromatic heterocycles. The highest BCUT2D eigenvalue weighted by Crippen LogP contribution is 2.37. The zero-order valence-electron chi connectivity index (χ0n) is 11.2. The van der Waals surface area contributed by atoms with E-state index in [2.05, 4.69) is 15.9 Å². The predicted octanol–water partition coefficient (Wildman–Crippen LogP) is 2.96. The molecule has 2 heterocycles. The predicted molar refractivity (Wildman–Crippen MR) is 71.6 cm³/mol. The fraction of sp³-hybridized carbons (Fsp3) is 0.667. The van der Waals surface area contributed by atoms with E-state index >= 15 is 0 Å². The Labute approximate surface area is 111 Å². The van der Waals surface area contributed by atoms with Gasteiger partial charge in [-0.05, 0) is 57.5 Å². The summed E-state index contributed by atoms with van der Waals surface area (Å²) in [6, 6.07) is 0. The van der Waals surface area contributed by atoms with Crippen molar-refractivity contribution in [2.75, 3.05) is 0 Å². The molecule has 1 aliphatic rings. The smallest absolute Gasteiger partial charge is 0.466 e. The highest BCUT2D eigenvalue weighted by atomic mass is 79.9. The molecule has 0 unspecified atom stereocenters. The van der Waals surface area contributed by atoms with Crippen LogP contribution in [0.25, 0.3) is 0 Å². The molecule has 1 saturated heterocycles. The molecule has 1 fully saturated rings. The van der Waals surface area contributed by atoms with Crippen LogP contribution in [0.4, 0.5) is 0 Å². The minimum atomic E-state index is -0.369. The molecule has 1 aliphatic heterocycles. The maximum Gasteiger partial charge on any atom is 0.499 e. The van der Waals surface area contributed by atoms with Gasteiger partial charge in [-0.3, -0.25) is 0 Å². The van der Waals surface area contributed by atoms with Crippen LogP contribution < -0.4 is 5.46 Å². The van der Waals surface area contributed by atoms with Gasteiger partial charge < -0.3 is 13.7 Å². The van der Waals surface area contributed by atoms with Crippen LogP contribution in [0.3, 0.4) is 0 Å². The second-order valence-corrected chi connectivity index (χ2v) is 6.32. The molecule has 0 N–H and O–H groups in total. The Balaban J connectivity index is 2.39. The van der Waals surface area contributed by atoms with Crippen LogP contribution in [0, 0.1) is 13.8 Å². The summed E-state index contributed by atoms with van der Waals surface area (Å²) < 4.78 is 18.6. The third kappa shape index (κ3) is 1.98. The molecule has 0 saturated carbocycles. The zero-order chi connectivity index (χ0) is 13.0. The first-order valence-electron chi connectivity index (χ1n) is 5.77. The Bertz CT molecular complexity index is 435. The topological polar surface area (TPSA) is 31.6 Å². The molecule has 17 heavy (non-hydrogen) atoms. The van der Waals surface area contributed by atoms with Crippen LogP contribution in [-0.2, 0) is 9.31 Å². The first-order valence-corrected chi connectivity index (χ1v) is 6.56. The largest absolute Gasteiger partial charge is 0.499 e. The van der Waals surface area contributed by atoms with E-state index in [1.54, 1.807) is 0 Å². The van der Waals surface area contributed by atoms with Gasteiger partial charge in [-0.2, -0.15) is 0 Å². The summed E-state index contributed by atoms with van der Waals surface area (Å²) in [5.74, 6) is 1.69. The van der Waals surface area contributed by atoms with Gasteiger partial charge in [0.05, 0.1) is 15.7 Å². The van der Waals surface area contributed by atoms with E-state index in [1.807, 2.05) is 41.5 Å². The quantitative estimate of drug-likeness (QED) is 0.747. The van der Waals surface area contributed by atoms with Crippen LogP contribution in [0.1, 0.15) is 39.2 Å². The first-order chi connectivity index (χ1) is 7.66. The highest BCUT2D eigenvalue weighted by Gasteiger charge is 2.53. The Morgan fingerprint density at radius 1 is 0.941 bits per heavy atom. The van der Waals surface area contributed by atoms with Crippen molar-refractivity contribution in [2.24, 2.45) is 0 Å². The van der Waals surface area contributed by atoms with Gasteiger partial charge in [0.1, 0.15) is 11.5 Å². The van der Waals surface area contributed by atoms with Crippen LogP contribution in [-0.4, -0.2) is 18.3 Å². The van der Waals surface area contributed by atoms with Crippen molar-refractivity contribution in [3.8, 4) is 0 Å². The van der Waals surface area contributed by atoms with Crippen molar-refractivity contribution in [1.82, 2.24) is 0 Å². The third-order valence-corrected chi connectivity index (χ3v) is 4.71. The number of aryl methyl sites for hydroxylation is 2. The van der Waals surface area contributed by atoms with Gasteiger partial charge in [-0.1, -0.05) is 0 Å². The number of halogens is 1. The Hall–Kier alpha value is -0.255. The van der Waals surface area contributed by atoms with Gasteiger partial charge in [0.15, 0.2) is 0 Å². The lowest BCUT2D eigenvalue weighted by Crippen LogP contribution is -2.41. The van der Waals surface area contributed by atoms with E-state index in [0.29, 0.717) is 0 Å². The number of furan rings is 1. The third-order valence-electron chi connectivity index (χ3n) is 3.72. The summed E-state index contributed by atoms with van der Waals surface area (Å²) in [5.41, 5.74) is 0.310. The summed E-state index contributed by atoms with van der Waals surface area (Å²) in [5, 5.41) is 0. The molecule has 2 rings (SSSR count). The fourth-order valence-electron chi connectivity index (χ4n) is 1.90. The van der Waals surface area contributed by atoms with Crippen LogP contribution >= 0.6 is 15.9 Å². The van der Waals surface area contributed by atoms with Crippen molar-refractivity contribution < 1.29 is 13.7 Å². The van der Waals surface area contributed by atoms with E-state index in [9.17, 15) is 0 Å². The summed E-state index contributed by atoms with van der Waals surface area (Å²) in [6.07, 6.45) is 0. The van der Waals surface area contributed by atoms with E-state index < -0.39 is 0 Å². The van der Waals surface area contributed by atoms with Crippen LogP contribution in [0.5, 0.6) is 0 Å². The fourth-order valence-corrected chi connectivity index (χ4v) is 2.45. The second-order valence-electron chi connectivity index (χ2n) is 5.53. The molecule has 0 amide bonds. The van der Waals surface area contributed by atoms with Crippen molar-refractivity contribution in [3.63, 3.8) is 0 Å². The molecular formula is C12H18BBrO3. The summed E-state index contributed by atoms with van der Waals surface area (Å²) in [4.78, 5) is 0. The van der Waals surface area contributed by atoms with E-state index in [-0.39, 0.29) is 18.3 Å². The highest BCUT2D eigenvalue weighted by molar-refractivity contribution is 9.10. The van der Waals surface area contributed by atoms with Crippen LogP contribution in [0.15, 0.2) is 8.89 Å². The van der Waals surface area contributed by atoms with Gasteiger partial charge in [0, 0.05) is 5.46 Å². The average Bonchev–Trinajstić information content (AvgIpc) is 2.49. The van der Waals surface area contributed by atoms with Gasteiger partial charge in [0.25, 0.3) is 0 Å². The number of hydrogen-bond donors (Lipinski definition) is 0. The Morgan fingerprint density at radius 3 is 1.76 bits per heavy atom. The lowest BCUT2D eigenvalue weighted by atomic mass is 9.79. The second kappa shape index (κ2) is 3.87. The van der Waals surface area contributed by atoms with Gasteiger partial charge in [-0.25, -0.2) is 0 Å². The monoisotopic (exact) mass is 300 g/mol. The number of hydrogen-bond acceptors (Lipinski definition) is 3. The zero-order valence-corrected chi connectivity index (χ0v) is 12.8. The SMILES string of the molecule is Cc1oc(C)c(B2OC(C)(C)C(C)(C)O2)c1Br. The molecule has 1 aromatic rings. The van der Waals surface area contributed by atoms with Crippen molar-refractivity contribution >= 4 is 28.5 Å². The summed E-state index contributed by atoms with van der Waals surface area (Å²) in [7, 11) is -0.369. The first kappa shape index (κ1) is 13.2. The Kier molecular flexibility index (Phi) is 3.00. The minimum Gasteiger partial charge on any atom is -0.466 e. The van der Waals surface area contributed by atoms with E-state index in [4.69, 9.17) is 13.7 Å². The molecule has 0 atom stereocenters. The van der Waals surface area contributed by atoms with Crippen molar-refractivity contribution in [1.29, 1.82) is 0 Å². The molecule has 94 valence electrons. The molecule has 5 heteroatoms. The standard InChI is InChI=1S/C12H18BBrO3/c1-7-9(10(14)8(2)15-7)13-16-11(3,4)12(5,6)17-13/h1-6H3. The molecule has 0 radical (unpaired) electrons. The van der Waals surface area contributed by atoms with E-state index in [0.717, 1.165) is 21.5 Å². The molecule has 0 bridgehead atoms. The van der Waals surface area contributed by atoms with Crippen molar-refractivity contribution in [3.05, 3.63) is 16.0 Å². The minimum absolute atomic E-state index is 0.325. The van der Waals surface area contributed by atoms with E-state index in [1.165, 1.54) is 0 Å². The molecule has 3 nitrogen and oxygen atoms in total. The Morgan fingerprint density at radius 2 is 1.41 bits per heavy atom. The molecule has 0 aliphatic carbocycles.